The van der Waals surface area contributed by atoms with E-state index in [9.17, 15) is 14.4 Å². The van der Waals surface area contributed by atoms with Gasteiger partial charge in [0, 0.05) is 12.1 Å². The molecule has 2 aromatic carbocycles. The number of nitrogens with zero attached hydrogens (tertiary/aromatic N) is 1. The van der Waals surface area contributed by atoms with Gasteiger partial charge in [-0.2, -0.15) is 0 Å². The summed E-state index contributed by atoms with van der Waals surface area (Å²) in [6.07, 6.45) is 0.502. The normalized spacial score (nSPS) is 16.0. The maximum atomic E-state index is 12.7. The number of anilines is 1. The number of ether oxygens (including phenoxy) is 2. The third-order valence-corrected chi connectivity index (χ3v) is 4.53. The van der Waals surface area contributed by atoms with Crippen LogP contribution in [0.5, 0.6) is 11.5 Å². The number of ketones is 1. The fourth-order valence-corrected chi connectivity index (χ4v) is 3.10. The number of benzene rings is 2. The molecule has 7 nitrogen and oxygen atoms in total. The molecule has 1 aliphatic heterocycles. The number of para-hydroxylation sites is 2. The molecule has 0 radical (unpaired) electrons. The van der Waals surface area contributed by atoms with Gasteiger partial charge in [-0.1, -0.05) is 24.3 Å². The average molecular weight is 382 g/mol. The Morgan fingerprint density at radius 3 is 2.71 bits per heavy atom. The molecule has 1 fully saturated rings. The highest BCUT2D eigenvalue weighted by Crippen LogP contribution is 2.31. The molecule has 1 saturated heterocycles. The zero-order valence-electron chi connectivity index (χ0n) is 15.8. The molecule has 0 saturated carbocycles. The standard InChI is InChI=1S/C21H22N2O5/c1-14(24)15-6-5-7-16(12-15)28-13-20(25)22-17-10-11-23(21(17)26)18-8-3-4-9-19(18)27-2/h3-9,12,17H,10-11,13H2,1-2H3,(H,22,25). The first-order valence-electron chi connectivity index (χ1n) is 8.97. The van der Waals surface area contributed by atoms with Crippen LogP contribution in [-0.2, 0) is 9.59 Å². The molecular weight excluding hydrogens is 360 g/mol. The van der Waals surface area contributed by atoms with Gasteiger partial charge in [-0.3, -0.25) is 14.4 Å². The highest BCUT2D eigenvalue weighted by atomic mass is 16.5. The summed E-state index contributed by atoms with van der Waals surface area (Å²) >= 11 is 0. The van der Waals surface area contributed by atoms with Crippen molar-refractivity contribution in [2.75, 3.05) is 25.2 Å². The maximum Gasteiger partial charge on any atom is 0.258 e. The molecule has 0 bridgehead atoms. The van der Waals surface area contributed by atoms with Gasteiger partial charge in [0.25, 0.3) is 5.91 Å². The predicted molar refractivity (Wildman–Crippen MR) is 104 cm³/mol. The Balaban J connectivity index is 1.57. The molecule has 2 aromatic rings. The van der Waals surface area contributed by atoms with Crippen molar-refractivity contribution in [3.63, 3.8) is 0 Å². The lowest BCUT2D eigenvalue weighted by atomic mass is 10.1. The SMILES string of the molecule is COc1ccccc1N1CCC(NC(=O)COc2cccc(C(C)=O)c2)C1=O. The lowest BCUT2D eigenvalue weighted by molar-refractivity contribution is -0.127. The monoisotopic (exact) mass is 382 g/mol. The second-order valence-electron chi connectivity index (χ2n) is 6.44. The van der Waals surface area contributed by atoms with Crippen molar-refractivity contribution in [2.24, 2.45) is 0 Å². The van der Waals surface area contributed by atoms with Crippen molar-refractivity contribution in [1.82, 2.24) is 5.32 Å². The van der Waals surface area contributed by atoms with Gasteiger partial charge in [0.1, 0.15) is 17.5 Å². The summed E-state index contributed by atoms with van der Waals surface area (Å²) in [5.41, 5.74) is 1.19. The predicted octanol–water partition coefficient (Wildman–Crippen LogP) is 2.20. The van der Waals surface area contributed by atoms with Crippen LogP contribution >= 0.6 is 0 Å². The van der Waals surface area contributed by atoms with E-state index in [1.165, 1.54) is 6.92 Å². The fourth-order valence-electron chi connectivity index (χ4n) is 3.10. The van der Waals surface area contributed by atoms with Gasteiger partial charge in [0.05, 0.1) is 12.8 Å². The number of carbonyl (C=O) groups is 3. The smallest absolute Gasteiger partial charge is 0.258 e. The lowest BCUT2D eigenvalue weighted by Gasteiger charge is -2.19. The topological polar surface area (TPSA) is 84.9 Å². The molecule has 28 heavy (non-hydrogen) atoms. The molecule has 7 heteroatoms. The van der Waals surface area contributed by atoms with Crippen LogP contribution in [0.3, 0.4) is 0 Å². The van der Waals surface area contributed by atoms with Crippen LogP contribution < -0.4 is 19.7 Å². The zero-order chi connectivity index (χ0) is 20.1. The first-order chi connectivity index (χ1) is 13.5. The first kappa shape index (κ1) is 19.4. The van der Waals surface area contributed by atoms with Gasteiger partial charge in [-0.25, -0.2) is 0 Å². The lowest BCUT2D eigenvalue weighted by Crippen LogP contribution is -2.43. The number of Topliss-reactive ketones (excluding diaryl/α,β-unsaturated/α-hetero) is 1. The van der Waals surface area contributed by atoms with E-state index < -0.39 is 11.9 Å². The van der Waals surface area contributed by atoms with E-state index in [2.05, 4.69) is 5.32 Å². The van der Waals surface area contributed by atoms with Crippen molar-refractivity contribution >= 4 is 23.3 Å². The number of amides is 2. The largest absolute Gasteiger partial charge is 0.495 e. The summed E-state index contributed by atoms with van der Waals surface area (Å²) < 4.78 is 10.8. The quantitative estimate of drug-likeness (QED) is 0.742. The third-order valence-electron chi connectivity index (χ3n) is 4.53. The highest BCUT2D eigenvalue weighted by molar-refractivity contribution is 6.02. The van der Waals surface area contributed by atoms with Crippen molar-refractivity contribution in [1.29, 1.82) is 0 Å². The van der Waals surface area contributed by atoms with Gasteiger partial charge in [0.15, 0.2) is 12.4 Å². The number of hydrogen-bond donors (Lipinski definition) is 1. The summed E-state index contributed by atoms with van der Waals surface area (Å²) in [5, 5.41) is 2.71. The van der Waals surface area contributed by atoms with E-state index in [4.69, 9.17) is 9.47 Å². The summed E-state index contributed by atoms with van der Waals surface area (Å²) in [4.78, 5) is 37.9. The van der Waals surface area contributed by atoms with Crippen LogP contribution in [0.1, 0.15) is 23.7 Å². The van der Waals surface area contributed by atoms with E-state index in [1.54, 1.807) is 42.3 Å². The minimum atomic E-state index is -0.607. The van der Waals surface area contributed by atoms with Gasteiger partial charge in [-0.05, 0) is 37.6 Å². The molecule has 1 aliphatic rings. The number of hydrogen-bond acceptors (Lipinski definition) is 5. The Morgan fingerprint density at radius 1 is 1.18 bits per heavy atom. The Hall–Kier alpha value is -3.35. The summed E-state index contributed by atoms with van der Waals surface area (Å²) in [6, 6.07) is 13.3. The molecular formula is C21H22N2O5. The molecule has 1 N–H and O–H groups in total. The highest BCUT2D eigenvalue weighted by Gasteiger charge is 2.34. The molecule has 1 unspecified atom stereocenters. The Kier molecular flexibility index (Phi) is 5.93. The van der Waals surface area contributed by atoms with Crippen LogP contribution in [0.2, 0.25) is 0 Å². The van der Waals surface area contributed by atoms with Gasteiger partial charge in [-0.15, -0.1) is 0 Å². The third kappa shape index (κ3) is 4.31. The van der Waals surface area contributed by atoms with Crippen LogP contribution in [0.15, 0.2) is 48.5 Å². The zero-order valence-corrected chi connectivity index (χ0v) is 15.8. The van der Waals surface area contributed by atoms with E-state index in [1.807, 2.05) is 18.2 Å². The minimum Gasteiger partial charge on any atom is -0.495 e. The van der Waals surface area contributed by atoms with Crippen LogP contribution in [0, 0.1) is 0 Å². The van der Waals surface area contributed by atoms with E-state index in [0.717, 1.165) is 0 Å². The van der Waals surface area contributed by atoms with Crippen LogP contribution in [0.25, 0.3) is 0 Å². The summed E-state index contributed by atoms with van der Waals surface area (Å²) in [7, 11) is 1.55. The minimum absolute atomic E-state index is 0.0807. The molecule has 0 aliphatic carbocycles. The van der Waals surface area contributed by atoms with Gasteiger partial charge in [0.2, 0.25) is 5.91 Å². The number of methoxy groups -OCH3 is 1. The summed E-state index contributed by atoms with van der Waals surface area (Å²) in [6.45, 7) is 1.72. The number of carbonyl (C=O) groups excluding carboxylic acids is 3. The van der Waals surface area contributed by atoms with Gasteiger partial charge >= 0.3 is 0 Å². The molecule has 2 amide bonds. The Labute approximate surface area is 163 Å². The molecule has 0 spiro atoms. The average Bonchev–Trinajstić information content (AvgIpc) is 3.06. The van der Waals surface area contributed by atoms with Crippen molar-refractivity contribution < 1.29 is 23.9 Å². The number of nitrogens with one attached hydrogen (secondary N) is 1. The van der Waals surface area contributed by atoms with Crippen molar-refractivity contribution in [3.8, 4) is 11.5 Å². The number of rotatable bonds is 7. The second-order valence-corrected chi connectivity index (χ2v) is 6.44. The Morgan fingerprint density at radius 2 is 1.96 bits per heavy atom. The maximum absolute atomic E-state index is 12.7. The van der Waals surface area contributed by atoms with Crippen molar-refractivity contribution in [2.45, 2.75) is 19.4 Å². The molecule has 0 aromatic heterocycles. The fraction of sp³-hybridized carbons (Fsp3) is 0.286. The van der Waals surface area contributed by atoms with Crippen LogP contribution in [0.4, 0.5) is 5.69 Å². The van der Waals surface area contributed by atoms with Crippen LogP contribution in [-0.4, -0.2) is 43.9 Å². The van der Waals surface area contributed by atoms with E-state index in [-0.39, 0.29) is 18.3 Å². The molecule has 1 heterocycles. The van der Waals surface area contributed by atoms with Crippen molar-refractivity contribution in [3.05, 3.63) is 54.1 Å². The van der Waals surface area contributed by atoms with E-state index >= 15 is 0 Å². The first-order valence-corrected chi connectivity index (χ1v) is 8.97. The molecule has 1 atom stereocenters. The summed E-state index contributed by atoms with van der Waals surface area (Å²) in [5.74, 6) is 0.375. The second kappa shape index (κ2) is 8.56. The van der Waals surface area contributed by atoms with Gasteiger partial charge < -0.3 is 19.7 Å². The molecule has 3 rings (SSSR count). The molecule has 146 valence electrons. The Bertz CT molecular complexity index is 896. The van der Waals surface area contributed by atoms with E-state index in [0.29, 0.717) is 35.7 Å².